The molecule has 2 rings (SSSR count). The highest BCUT2D eigenvalue weighted by Gasteiger charge is 2.28. The first-order chi connectivity index (χ1) is 8.35. The molecule has 0 spiro atoms. The molecule has 1 saturated carbocycles. The monoisotopic (exact) mass is 236 g/mol. The zero-order valence-corrected chi connectivity index (χ0v) is 10.9. The zero-order chi connectivity index (χ0) is 12.1. The van der Waals surface area contributed by atoms with Crippen molar-refractivity contribution < 1.29 is 0 Å². The summed E-state index contributed by atoms with van der Waals surface area (Å²) in [5.74, 6) is 2.67. The van der Waals surface area contributed by atoms with Gasteiger partial charge in [0.2, 0.25) is 0 Å². The molecule has 0 amide bonds. The Morgan fingerprint density at radius 2 is 2.12 bits per heavy atom. The van der Waals surface area contributed by atoms with Gasteiger partial charge >= 0.3 is 0 Å². The maximum Gasteiger partial charge on any atom is 0.141 e. The third-order valence-corrected chi connectivity index (χ3v) is 4.09. The van der Waals surface area contributed by atoms with E-state index in [0.717, 1.165) is 18.3 Å². The average Bonchev–Trinajstić information content (AvgIpc) is 2.90. The highest BCUT2D eigenvalue weighted by Crippen LogP contribution is 2.36. The van der Waals surface area contributed by atoms with E-state index in [9.17, 15) is 0 Å². The molecular formula is C13H24N4. The fourth-order valence-corrected chi connectivity index (χ4v) is 3.00. The summed E-state index contributed by atoms with van der Waals surface area (Å²) >= 11 is 0. The molecule has 0 bridgehead atoms. The summed E-state index contributed by atoms with van der Waals surface area (Å²) < 4.78 is 0. The number of hydrogen-bond acceptors (Lipinski definition) is 3. The van der Waals surface area contributed by atoms with Crippen molar-refractivity contribution >= 4 is 0 Å². The van der Waals surface area contributed by atoms with Gasteiger partial charge in [-0.25, -0.2) is 4.98 Å². The SMILES string of the molecule is CCNC(c1ncn[nH]1)C1CCC(CC)CC1. The molecule has 1 aliphatic rings. The minimum Gasteiger partial charge on any atom is -0.307 e. The molecule has 0 saturated heterocycles. The molecule has 4 nitrogen and oxygen atoms in total. The number of aromatic amines is 1. The lowest BCUT2D eigenvalue weighted by Crippen LogP contribution is -2.31. The highest BCUT2D eigenvalue weighted by atomic mass is 15.2. The van der Waals surface area contributed by atoms with Crippen LogP contribution in [-0.4, -0.2) is 21.7 Å². The molecule has 1 heterocycles. The first-order valence-electron chi connectivity index (χ1n) is 6.93. The number of rotatable bonds is 5. The van der Waals surface area contributed by atoms with Gasteiger partial charge in [0.25, 0.3) is 0 Å². The van der Waals surface area contributed by atoms with Gasteiger partial charge in [0.15, 0.2) is 0 Å². The van der Waals surface area contributed by atoms with Gasteiger partial charge in [-0.2, -0.15) is 5.10 Å². The average molecular weight is 236 g/mol. The summed E-state index contributed by atoms with van der Waals surface area (Å²) in [6.07, 6.45) is 8.32. The minimum atomic E-state index is 0.361. The molecule has 17 heavy (non-hydrogen) atoms. The van der Waals surface area contributed by atoms with Crippen molar-refractivity contribution in [1.29, 1.82) is 0 Å². The van der Waals surface area contributed by atoms with Crippen molar-refractivity contribution in [2.75, 3.05) is 6.54 Å². The van der Waals surface area contributed by atoms with Crippen LogP contribution in [0.2, 0.25) is 0 Å². The number of nitrogens with zero attached hydrogens (tertiary/aromatic N) is 2. The molecular weight excluding hydrogens is 212 g/mol. The lowest BCUT2D eigenvalue weighted by molar-refractivity contribution is 0.215. The Morgan fingerprint density at radius 3 is 2.65 bits per heavy atom. The van der Waals surface area contributed by atoms with E-state index in [2.05, 4.69) is 34.3 Å². The van der Waals surface area contributed by atoms with E-state index >= 15 is 0 Å². The van der Waals surface area contributed by atoms with E-state index in [1.165, 1.54) is 32.1 Å². The summed E-state index contributed by atoms with van der Waals surface area (Å²) in [4.78, 5) is 4.32. The van der Waals surface area contributed by atoms with Crippen LogP contribution in [0.15, 0.2) is 6.33 Å². The standard InChI is InChI=1S/C13H24N4/c1-3-10-5-7-11(8-6-10)12(14-4-2)13-15-9-16-17-13/h9-12,14H,3-8H2,1-2H3,(H,15,16,17). The van der Waals surface area contributed by atoms with Crippen molar-refractivity contribution in [3.05, 3.63) is 12.2 Å². The molecule has 0 aliphatic heterocycles. The molecule has 1 unspecified atom stereocenters. The summed E-state index contributed by atoms with van der Waals surface area (Å²) in [6.45, 7) is 5.45. The van der Waals surface area contributed by atoms with Gasteiger partial charge in [-0.15, -0.1) is 0 Å². The third-order valence-electron chi connectivity index (χ3n) is 4.09. The summed E-state index contributed by atoms with van der Waals surface area (Å²) in [7, 11) is 0. The predicted octanol–water partition coefficient (Wildman–Crippen LogP) is 2.67. The molecule has 0 aromatic carbocycles. The molecule has 1 aromatic rings. The van der Waals surface area contributed by atoms with E-state index in [4.69, 9.17) is 0 Å². The predicted molar refractivity (Wildman–Crippen MR) is 68.5 cm³/mol. The molecule has 1 aliphatic carbocycles. The van der Waals surface area contributed by atoms with Gasteiger partial charge in [-0.3, -0.25) is 5.10 Å². The van der Waals surface area contributed by atoms with Crippen LogP contribution in [0.25, 0.3) is 0 Å². The first-order valence-corrected chi connectivity index (χ1v) is 6.93. The van der Waals surface area contributed by atoms with E-state index < -0.39 is 0 Å². The summed E-state index contributed by atoms with van der Waals surface area (Å²) in [6, 6.07) is 0.361. The van der Waals surface area contributed by atoms with Crippen LogP contribution in [0.4, 0.5) is 0 Å². The normalized spacial score (nSPS) is 26.9. The second-order valence-electron chi connectivity index (χ2n) is 5.10. The van der Waals surface area contributed by atoms with Gasteiger partial charge in [0.05, 0.1) is 6.04 Å². The van der Waals surface area contributed by atoms with Gasteiger partial charge in [-0.05, 0) is 31.2 Å². The van der Waals surface area contributed by atoms with Crippen molar-refractivity contribution in [2.24, 2.45) is 11.8 Å². The number of nitrogens with one attached hydrogen (secondary N) is 2. The quantitative estimate of drug-likeness (QED) is 0.826. The van der Waals surface area contributed by atoms with Crippen LogP contribution in [0.1, 0.15) is 57.8 Å². The number of aromatic nitrogens is 3. The lowest BCUT2D eigenvalue weighted by Gasteiger charge is -2.32. The van der Waals surface area contributed by atoms with Crippen molar-refractivity contribution in [1.82, 2.24) is 20.5 Å². The van der Waals surface area contributed by atoms with Crippen molar-refractivity contribution in [3.63, 3.8) is 0 Å². The van der Waals surface area contributed by atoms with E-state index in [1.807, 2.05) is 0 Å². The summed E-state index contributed by atoms with van der Waals surface area (Å²) in [5.41, 5.74) is 0. The van der Waals surface area contributed by atoms with Gasteiger partial charge in [0, 0.05) is 0 Å². The Kier molecular flexibility index (Phi) is 4.54. The minimum absolute atomic E-state index is 0.361. The zero-order valence-electron chi connectivity index (χ0n) is 10.9. The topological polar surface area (TPSA) is 53.6 Å². The van der Waals surface area contributed by atoms with E-state index in [0.29, 0.717) is 12.0 Å². The Bertz CT molecular complexity index is 301. The fourth-order valence-electron chi connectivity index (χ4n) is 3.00. The van der Waals surface area contributed by atoms with Crippen molar-refractivity contribution in [3.8, 4) is 0 Å². The Hall–Kier alpha value is -0.900. The lowest BCUT2D eigenvalue weighted by atomic mass is 9.77. The van der Waals surface area contributed by atoms with Crippen LogP contribution in [0.5, 0.6) is 0 Å². The van der Waals surface area contributed by atoms with Gasteiger partial charge in [-0.1, -0.05) is 33.1 Å². The highest BCUT2D eigenvalue weighted by molar-refractivity contribution is 4.96. The fraction of sp³-hybridized carbons (Fsp3) is 0.846. The number of H-pyrrole nitrogens is 1. The molecule has 1 fully saturated rings. The Labute approximate surface area is 104 Å². The molecule has 1 atom stereocenters. The van der Waals surface area contributed by atoms with Crippen LogP contribution in [-0.2, 0) is 0 Å². The van der Waals surface area contributed by atoms with Crippen LogP contribution in [0.3, 0.4) is 0 Å². The molecule has 96 valence electrons. The third kappa shape index (κ3) is 3.06. The van der Waals surface area contributed by atoms with Crippen LogP contribution < -0.4 is 5.32 Å². The van der Waals surface area contributed by atoms with E-state index in [-0.39, 0.29) is 0 Å². The smallest absolute Gasteiger partial charge is 0.141 e. The second-order valence-corrected chi connectivity index (χ2v) is 5.10. The summed E-state index contributed by atoms with van der Waals surface area (Å²) in [5, 5.41) is 10.5. The Balaban J connectivity index is 1.98. The maximum absolute atomic E-state index is 4.32. The molecule has 1 aromatic heterocycles. The van der Waals surface area contributed by atoms with Gasteiger partial charge < -0.3 is 5.32 Å². The van der Waals surface area contributed by atoms with E-state index in [1.54, 1.807) is 6.33 Å². The maximum atomic E-state index is 4.32. The van der Waals surface area contributed by atoms with Gasteiger partial charge in [0.1, 0.15) is 12.2 Å². The molecule has 0 radical (unpaired) electrons. The van der Waals surface area contributed by atoms with Crippen LogP contribution >= 0.6 is 0 Å². The van der Waals surface area contributed by atoms with Crippen molar-refractivity contribution in [2.45, 2.75) is 52.0 Å². The second kappa shape index (κ2) is 6.15. The molecule has 2 N–H and O–H groups in total. The number of hydrogen-bond donors (Lipinski definition) is 2. The van der Waals surface area contributed by atoms with Crippen LogP contribution in [0, 0.1) is 11.8 Å². The molecule has 4 heteroatoms. The largest absolute Gasteiger partial charge is 0.307 e. The first kappa shape index (κ1) is 12.6. The Morgan fingerprint density at radius 1 is 1.35 bits per heavy atom.